The van der Waals surface area contributed by atoms with Crippen LogP contribution < -0.4 is 19.4 Å². The van der Waals surface area contributed by atoms with Gasteiger partial charge in [-0.25, -0.2) is 29.3 Å². The van der Waals surface area contributed by atoms with Gasteiger partial charge in [-0.2, -0.15) is 15.8 Å². The number of H-pyrrole nitrogens is 3. The van der Waals surface area contributed by atoms with E-state index < -0.39 is 35.1 Å². The molecule has 0 bridgehead atoms. The van der Waals surface area contributed by atoms with Gasteiger partial charge in [-0.15, -0.1) is 0 Å². The Morgan fingerprint density at radius 3 is 1.37 bits per heavy atom. The highest BCUT2D eigenvalue weighted by atomic mass is 79.9. The van der Waals surface area contributed by atoms with Gasteiger partial charge in [0, 0.05) is 59.6 Å². The van der Waals surface area contributed by atoms with Crippen molar-refractivity contribution in [3.05, 3.63) is 99.1 Å². The van der Waals surface area contributed by atoms with E-state index in [1.54, 1.807) is 114 Å². The molecule has 0 atom stereocenters. The van der Waals surface area contributed by atoms with Crippen LogP contribution in [0.3, 0.4) is 0 Å². The van der Waals surface area contributed by atoms with Crippen molar-refractivity contribution in [2.45, 2.75) is 86.5 Å². The summed E-state index contributed by atoms with van der Waals surface area (Å²) in [4.78, 5) is 59.6. The second-order valence-corrected chi connectivity index (χ2v) is 25.1. The highest BCUT2D eigenvalue weighted by Crippen LogP contribution is 2.44. The number of fused-ring (bicyclic) bond motifs is 9. The molecule has 4 N–H and O–H groups in total. The van der Waals surface area contributed by atoms with Crippen LogP contribution in [0.25, 0.3) is 65.8 Å². The van der Waals surface area contributed by atoms with Crippen molar-refractivity contribution in [2.75, 3.05) is 35.8 Å². The highest BCUT2D eigenvalue weighted by molar-refractivity contribution is 9.11. The number of nitrogens with one attached hydrogen (secondary N) is 3. The molecule has 19 nitrogen and oxygen atoms in total. The van der Waals surface area contributed by atoms with Gasteiger partial charge in [0.05, 0.1) is 84.6 Å². The molecule has 0 fully saturated rings. The van der Waals surface area contributed by atoms with Gasteiger partial charge in [0.2, 0.25) is 0 Å². The molecule has 3 aromatic carbocycles. The van der Waals surface area contributed by atoms with E-state index in [0.717, 1.165) is 14.6 Å². The molecule has 0 aliphatic carbocycles. The van der Waals surface area contributed by atoms with Gasteiger partial charge in [-0.05, 0) is 140 Å². The zero-order valence-electron chi connectivity index (χ0n) is 44.7. The number of anilines is 3. The number of carbonyl (C=O) groups is 3. The monoisotopic (exact) mass is 1370 g/mol. The molecular weight excluding hydrogens is 1320 g/mol. The quantitative estimate of drug-likeness (QED) is 0.0732. The van der Waals surface area contributed by atoms with E-state index in [4.69, 9.17) is 60.6 Å². The maximum Gasteiger partial charge on any atom is 0.414 e. The first kappa shape index (κ1) is 63.4. The Hall–Kier alpha value is -6.81. The molecule has 0 aliphatic rings. The van der Waals surface area contributed by atoms with Crippen LogP contribution in [0.5, 0.6) is 0 Å². The van der Waals surface area contributed by atoms with Gasteiger partial charge >= 0.3 is 23.9 Å². The largest absolute Gasteiger partial charge is 0.443 e. The molecule has 0 saturated heterocycles. The van der Waals surface area contributed by atoms with Crippen LogP contribution in [-0.4, -0.2) is 86.4 Å². The average Bonchev–Trinajstić information content (AvgIpc) is 3.98. The third-order valence-corrected chi connectivity index (χ3v) is 14.5. The summed E-state index contributed by atoms with van der Waals surface area (Å²) in [5.41, 5.74) is 3.31. The lowest BCUT2D eigenvalue weighted by Crippen LogP contribution is -2.34. The van der Waals surface area contributed by atoms with Crippen molar-refractivity contribution < 1.29 is 38.5 Å². The Balaban J connectivity index is 0.000000195. The first-order chi connectivity index (χ1) is 37.2. The summed E-state index contributed by atoms with van der Waals surface area (Å²) in [7, 11) is 4.72. The first-order valence-electron chi connectivity index (χ1n) is 23.7. The second kappa shape index (κ2) is 24.0. The Morgan fingerprint density at radius 2 is 0.938 bits per heavy atom. The molecule has 6 aromatic heterocycles. The number of rotatable bonds is 3. The molecule has 0 unspecified atom stereocenters. The highest BCUT2D eigenvalue weighted by Gasteiger charge is 2.31. The third-order valence-electron chi connectivity index (χ3n) is 11.6. The summed E-state index contributed by atoms with van der Waals surface area (Å²) in [6, 6.07) is 14.6. The predicted molar refractivity (Wildman–Crippen MR) is 328 cm³/mol. The minimum Gasteiger partial charge on any atom is -0.443 e. The molecule has 81 heavy (non-hydrogen) atoms. The first-order valence-corrected chi connectivity index (χ1v) is 27.6. The van der Waals surface area contributed by atoms with Gasteiger partial charge in [0.15, 0.2) is 11.7 Å². The second-order valence-electron chi connectivity index (χ2n) is 20.8. The Kier molecular flexibility index (Phi) is 18.7. The van der Waals surface area contributed by atoms with Crippen LogP contribution in [0, 0.1) is 34.0 Å². The molecule has 9 rings (SSSR count). The SMILES string of the molecule is C.CN(C(=O)OC(C)(C)C)c1cc(Cl)c(C#N)c2c1[nH]c1c2cc(Br)c[n+]1O.CN(C(=O)OC(C)(C)C)c1cc(Cl)c(C#N)c2c1[nH]c1ncc(Br)c(Cl)c12.CN(C(=O)OC(C)(C)C)c1cc(Cl)c(C#N)c2c1[nH]c1ncc(Br)cc12. The fraction of sp³-hybridized carbons (Fsp3) is 0.291. The Morgan fingerprint density at radius 1 is 0.568 bits per heavy atom. The Labute approximate surface area is 510 Å². The smallest absolute Gasteiger partial charge is 0.414 e. The standard InChI is InChI=1S/C18H15BrCl2N4O2.C18H16BrClN4O3.C18H16BrClN4O2.CH4/c1-18(2,3)27-17(26)25(4)11-5-10(20)8(6-22)12-13-14(21)9(19)7-23-16(13)24-15(11)12;1-18(2,3)27-17(25)23(4)13-6-12(20)11(7-21)14-10-5-9(19)8-24(26)16(10)22-15(13)14;1-18(2,3)26-17(25)24(4)13-6-12(20)11(7-21)14-10-5-9(19)8-22-16(10)23-15(13)14;/h5,7H,1-4H3,(H,23,24);5-6,8,26H,1-4H3;5-6,8H,1-4H3,(H,22,23);1H4/p+1. The van der Waals surface area contributed by atoms with Gasteiger partial charge in [-0.1, -0.05) is 58.6 Å². The molecule has 422 valence electrons. The van der Waals surface area contributed by atoms with Crippen molar-refractivity contribution in [2.24, 2.45) is 0 Å². The van der Waals surface area contributed by atoms with E-state index in [0.29, 0.717) is 97.0 Å². The molecular formula is C55H52Br3Cl4N12O7+. The molecule has 3 amide bonds. The maximum absolute atomic E-state index is 12.5. The normalized spacial score (nSPS) is 11.5. The zero-order valence-corrected chi connectivity index (χ0v) is 52.5. The van der Waals surface area contributed by atoms with Crippen LogP contribution in [0.4, 0.5) is 31.4 Å². The fourth-order valence-corrected chi connectivity index (χ4v) is 10.2. The summed E-state index contributed by atoms with van der Waals surface area (Å²) < 4.78 is 19.2. The van der Waals surface area contributed by atoms with Gasteiger partial charge in [-0.3, -0.25) is 14.7 Å². The number of ether oxygens (including phenoxy) is 3. The minimum atomic E-state index is -0.666. The summed E-state index contributed by atoms with van der Waals surface area (Å²) in [5, 5.41) is 43.6. The maximum atomic E-state index is 12.5. The van der Waals surface area contributed by atoms with Crippen LogP contribution in [0.15, 0.2) is 62.3 Å². The third kappa shape index (κ3) is 13.1. The number of aromatic amines is 3. The van der Waals surface area contributed by atoms with E-state index in [1.165, 1.54) is 27.0 Å². The molecule has 0 aliphatic heterocycles. The molecule has 9 aromatic rings. The predicted octanol–water partition coefficient (Wildman–Crippen LogP) is 16.5. The number of amides is 3. The van der Waals surface area contributed by atoms with Crippen molar-refractivity contribution in [3.8, 4) is 18.2 Å². The molecule has 26 heteroatoms. The van der Waals surface area contributed by atoms with E-state index in [-0.39, 0.29) is 33.6 Å². The van der Waals surface area contributed by atoms with E-state index >= 15 is 0 Å². The van der Waals surface area contributed by atoms with Crippen molar-refractivity contribution in [3.63, 3.8) is 0 Å². The molecule has 0 saturated carbocycles. The van der Waals surface area contributed by atoms with Crippen molar-refractivity contribution in [1.82, 2.24) is 24.9 Å². The van der Waals surface area contributed by atoms with Crippen LogP contribution in [0.1, 0.15) is 86.4 Å². The van der Waals surface area contributed by atoms with Crippen LogP contribution in [-0.2, 0) is 14.2 Å². The Bertz CT molecular complexity index is 4140. The van der Waals surface area contributed by atoms with Gasteiger partial charge < -0.3 is 29.4 Å². The average molecular weight is 1370 g/mol. The summed E-state index contributed by atoms with van der Waals surface area (Å²) in [6.07, 6.45) is 3.04. The van der Waals surface area contributed by atoms with E-state index in [2.05, 4.69) is 90.9 Å². The van der Waals surface area contributed by atoms with Crippen LogP contribution in [0.2, 0.25) is 20.1 Å². The number of nitriles is 3. The molecule has 6 heterocycles. The number of hydrogen-bond donors (Lipinski definition) is 4. The number of pyridine rings is 3. The molecule has 0 radical (unpaired) electrons. The minimum absolute atomic E-state index is 0. The number of nitrogens with zero attached hydrogens (tertiary/aromatic N) is 9. The summed E-state index contributed by atoms with van der Waals surface area (Å²) in [5.74, 6) is 0. The van der Waals surface area contributed by atoms with Gasteiger partial charge in [0.1, 0.15) is 46.3 Å². The lowest BCUT2D eigenvalue weighted by atomic mass is 10.1. The lowest BCUT2D eigenvalue weighted by molar-refractivity contribution is -0.886. The number of carbonyl (C=O) groups excluding carboxylic acids is 3. The van der Waals surface area contributed by atoms with Crippen molar-refractivity contribution >= 4 is 195 Å². The number of hydrogen-bond acceptors (Lipinski definition) is 12. The zero-order chi connectivity index (χ0) is 59.4. The summed E-state index contributed by atoms with van der Waals surface area (Å²) in [6.45, 7) is 16.1. The van der Waals surface area contributed by atoms with E-state index in [9.17, 15) is 35.4 Å². The number of aromatic nitrogens is 6. The van der Waals surface area contributed by atoms with Crippen molar-refractivity contribution in [1.29, 1.82) is 15.8 Å². The molecule has 0 spiro atoms. The number of benzene rings is 3. The topological polar surface area (TPSA) is 257 Å². The fourth-order valence-electron chi connectivity index (χ4n) is 8.22. The van der Waals surface area contributed by atoms with Crippen LogP contribution >= 0.6 is 94.2 Å². The van der Waals surface area contributed by atoms with E-state index in [1.807, 2.05) is 6.07 Å². The number of halogens is 7. The summed E-state index contributed by atoms with van der Waals surface area (Å²) >= 11 is 35.5. The lowest BCUT2D eigenvalue weighted by Gasteiger charge is -2.25. The van der Waals surface area contributed by atoms with Gasteiger partial charge in [0.25, 0.3) is 0 Å².